The van der Waals surface area contributed by atoms with E-state index >= 15 is 0 Å². The molecule has 0 bridgehead atoms. The van der Waals surface area contributed by atoms with Gasteiger partial charge in [0.2, 0.25) is 0 Å². The van der Waals surface area contributed by atoms with Crippen molar-refractivity contribution in [1.82, 2.24) is 9.97 Å². The van der Waals surface area contributed by atoms with Crippen molar-refractivity contribution in [3.8, 4) is 0 Å². The topological polar surface area (TPSA) is 57.4 Å². The van der Waals surface area contributed by atoms with Gasteiger partial charge >= 0.3 is 7.12 Å². The minimum Gasteiger partial charge on any atom is -0.442 e. The molecule has 1 fully saturated rings. The Balaban J connectivity index is 2.05. The molecule has 6 heteroatoms. The molecule has 0 atom stereocenters. The summed E-state index contributed by atoms with van der Waals surface area (Å²) in [6.07, 6.45) is 3.09. The van der Waals surface area contributed by atoms with Crippen LogP contribution in [0.25, 0.3) is 11.1 Å². The molecule has 2 aromatic rings. The summed E-state index contributed by atoms with van der Waals surface area (Å²) in [6.45, 7) is 8.03. The summed E-state index contributed by atoms with van der Waals surface area (Å²) in [6, 6.07) is 1.80. The molecule has 1 saturated heterocycles. The lowest BCUT2D eigenvalue weighted by atomic mass is 9.83. The van der Waals surface area contributed by atoms with Crippen molar-refractivity contribution >= 4 is 23.8 Å². The highest BCUT2D eigenvalue weighted by Gasteiger charge is 2.53. The molecule has 18 heavy (non-hydrogen) atoms. The molecule has 0 N–H and O–H groups in total. The van der Waals surface area contributed by atoms with Gasteiger partial charge in [-0.15, -0.1) is 0 Å². The standard InChI is InChI=1S/C12H15BN2O3/c1-11(2)12(3,4)18-13(17-11)10-9-8(5-6-14-10)15-7-16-9/h5-7H,1-4H3. The van der Waals surface area contributed by atoms with Crippen molar-refractivity contribution in [2.45, 2.75) is 38.9 Å². The molecule has 0 aliphatic carbocycles. The maximum atomic E-state index is 5.96. The van der Waals surface area contributed by atoms with Crippen molar-refractivity contribution in [1.29, 1.82) is 0 Å². The fourth-order valence-corrected chi connectivity index (χ4v) is 1.93. The highest BCUT2D eigenvalue weighted by molar-refractivity contribution is 6.63. The van der Waals surface area contributed by atoms with E-state index in [1.165, 1.54) is 6.39 Å². The number of pyridine rings is 1. The minimum absolute atomic E-state index is 0.387. The molecule has 3 rings (SSSR count). The summed E-state index contributed by atoms with van der Waals surface area (Å²) in [5.41, 5.74) is 1.25. The minimum atomic E-state index is -0.522. The third-order valence-electron chi connectivity index (χ3n) is 3.75. The maximum absolute atomic E-state index is 5.96. The molecule has 94 valence electrons. The van der Waals surface area contributed by atoms with Crippen molar-refractivity contribution in [2.75, 3.05) is 0 Å². The smallest absolute Gasteiger partial charge is 0.442 e. The molecule has 1 aliphatic heterocycles. The highest BCUT2D eigenvalue weighted by Crippen LogP contribution is 2.36. The van der Waals surface area contributed by atoms with E-state index in [-0.39, 0.29) is 11.2 Å². The van der Waals surface area contributed by atoms with E-state index in [9.17, 15) is 0 Å². The van der Waals surface area contributed by atoms with Gasteiger partial charge in [-0.2, -0.15) is 0 Å². The number of hydrogen-bond donors (Lipinski definition) is 0. The average molecular weight is 246 g/mol. The van der Waals surface area contributed by atoms with Crippen LogP contribution >= 0.6 is 0 Å². The molecule has 0 spiro atoms. The first-order valence-electron chi connectivity index (χ1n) is 5.94. The van der Waals surface area contributed by atoms with Crippen LogP contribution in [-0.4, -0.2) is 28.3 Å². The van der Waals surface area contributed by atoms with Crippen LogP contribution in [0.3, 0.4) is 0 Å². The molecule has 0 amide bonds. The summed E-state index contributed by atoms with van der Waals surface area (Å²) in [4.78, 5) is 8.41. The second-order valence-electron chi connectivity index (χ2n) is 5.49. The lowest BCUT2D eigenvalue weighted by Crippen LogP contribution is -2.41. The molecular weight excluding hydrogens is 231 g/mol. The molecule has 5 nitrogen and oxygen atoms in total. The van der Waals surface area contributed by atoms with Gasteiger partial charge in [0.25, 0.3) is 0 Å². The molecule has 0 saturated carbocycles. The fourth-order valence-electron chi connectivity index (χ4n) is 1.93. The van der Waals surface area contributed by atoms with Crippen LogP contribution < -0.4 is 5.59 Å². The third kappa shape index (κ3) is 1.56. The van der Waals surface area contributed by atoms with Crippen LogP contribution in [0.5, 0.6) is 0 Å². The zero-order valence-corrected chi connectivity index (χ0v) is 10.9. The van der Waals surface area contributed by atoms with Crippen molar-refractivity contribution < 1.29 is 13.7 Å². The van der Waals surface area contributed by atoms with Crippen LogP contribution in [0, 0.1) is 0 Å². The van der Waals surface area contributed by atoms with E-state index in [1.807, 2.05) is 27.7 Å². The van der Waals surface area contributed by atoms with Crippen LogP contribution in [0.1, 0.15) is 27.7 Å². The normalized spacial score (nSPS) is 21.7. The fraction of sp³-hybridized carbons (Fsp3) is 0.500. The number of hydrogen-bond acceptors (Lipinski definition) is 5. The van der Waals surface area contributed by atoms with Gasteiger partial charge in [-0.3, -0.25) is 4.98 Å². The Kier molecular flexibility index (Phi) is 2.31. The van der Waals surface area contributed by atoms with E-state index < -0.39 is 7.12 Å². The summed E-state index contributed by atoms with van der Waals surface area (Å²) in [7, 11) is -0.522. The molecule has 0 radical (unpaired) electrons. The largest absolute Gasteiger partial charge is 0.518 e. The van der Waals surface area contributed by atoms with Gasteiger partial charge in [0.1, 0.15) is 11.1 Å². The second-order valence-corrected chi connectivity index (χ2v) is 5.49. The number of rotatable bonds is 1. The number of fused-ring (bicyclic) bond motifs is 1. The van der Waals surface area contributed by atoms with Gasteiger partial charge in [0.05, 0.1) is 11.2 Å². The molecule has 0 aromatic carbocycles. The van der Waals surface area contributed by atoms with E-state index in [1.54, 1.807) is 12.3 Å². The van der Waals surface area contributed by atoms with Crippen molar-refractivity contribution in [3.63, 3.8) is 0 Å². The zero-order valence-electron chi connectivity index (χ0n) is 10.9. The monoisotopic (exact) mass is 246 g/mol. The summed E-state index contributed by atoms with van der Waals surface area (Å²) >= 11 is 0. The first-order valence-corrected chi connectivity index (χ1v) is 5.94. The molecular formula is C12H15BN2O3. The van der Waals surface area contributed by atoms with Gasteiger partial charge < -0.3 is 13.7 Å². The Morgan fingerprint density at radius 1 is 1.06 bits per heavy atom. The Hall–Kier alpha value is -1.40. The Morgan fingerprint density at radius 3 is 2.39 bits per heavy atom. The first kappa shape index (κ1) is 11.7. The number of oxazole rings is 1. The Labute approximate surface area is 106 Å². The van der Waals surface area contributed by atoms with Gasteiger partial charge in [-0.05, 0) is 33.8 Å². The highest BCUT2D eigenvalue weighted by atomic mass is 16.7. The summed E-state index contributed by atoms with van der Waals surface area (Å²) < 4.78 is 17.3. The van der Waals surface area contributed by atoms with E-state index in [0.29, 0.717) is 11.2 Å². The molecule has 0 unspecified atom stereocenters. The second kappa shape index (κ2) is 3.55. The van der Waals surface area contributed by atoms with Crippen molar-refractivity contribution in [3.05, 3.63) is 18.7 Å². The summed E-state index contributed by atoms with van der Waals surface area (Å²) in [5, 5.41) is 0. The first-order chi connectivity index (χ1) is 8.41. The Bertz CT molecular complexity index is 578. The van der Waals surface area contributed by atoms with Crippen LogP contribution in [0.4, 0.5) is 0 Å². The third-order valence-corrected chi connectivity index (χ3v) is 3.75. The number of nitrogens with zero attached hydrogens (tertiary/aromatic N) is 2. The average Bonchev–Trinajstić information content (AvgIpc) is 2.81. The van der Waals surface area contributed by atoms with E-state index in [0.717, 1.165) is 5.52 Å². The predicted octanol–water partition coefficient (Wildman–Crippen LogP) is 1.52. The van der Waals surface area contributed by atoms with Gasteiger partial charge in [0.15, 0.2) is 12.0 Å². The zero-order chi connectivity index (χ0) is 13.0. The van der Waals surface area contributed by atoms with Crippen LogP contribution in [0.2, 0.25) is 0 Å². The van der Waals surface area contributed by atoms with Crippen LogP contribution in [0.15, 0.2) is 23.1 Å². The van der Waals surface area contributed by atoms with Gasteiger partial charge in [-0.25, -0.2) is 4.98 Å². The van der Waals surface area contributed by atoms with Crippen molar-refractivity contribution in [2.24, 2.45) is 0 Å². The predicted molar refractivity (Wildman–Crippen MR) is 67.5 cm³/mol. The maximum Gasteiger partial charge on any atom is 0.518 e. The van der Waals surface area contributed by atoms with Crippen LogP contribution in [-0.2, 0) is 9.31 Å². The molecule has 2 aromatic heterocycles. The Morgan fingerprint density at radius 2 is 1.72 bits per heavy atom. The van der Waals surface area contributed by atoms with E-state index in [2.05, 4.69) is 9.97 Å². The SMILES string of the molecule is CC1(C)OB(c2nccc3ncoc23)OC1(C)C. The quantitative estimate of drug-likeness (QED) is 0.714. The lowest BCUT2D eigenvalue weighted by Gasteiger charge is -2.32. The van der Waals surface area contributed by atoms with E-state index in [4.69, 9.17) is 13.7 Å². The molecule has 3 heterocycles. The molecule has 1 aliphatic rings. The van der Waals surface area contributed by atoms with Gasteiger partial charge in [-0.1, -0.05) is 0 Å². The lowest BCUT2D eigenvalue weighted by molar-refractivity contribution is 0.00578. The summed E-state index contributed by atoms with van der Waals surface area (Å²) in [5.74, 6) is 0. The van der Waals surface area contributed by atoms with Gasteiger partial charge in [0, 0.05) is 6.20 Å². The number of aromatic nitrogens is 2.